The van der Waals surface area contributed by atoms with Gasteiger partial charge in [0.2, 0.25) is 10.0 Å². The molecule has 1 aromatic carbocycles. The van der Waals surface area contributed by atoms with E-state index < -0.39 is 19.9 Å². The largest absolute Gasteiger partial charge is 0.297 e. The number of nitrogens with zero attached hydrogens (tertiary/aromatic N) is 1. The van der Waals surface area contributed by atoms with Crippen molar-refractivity contribution in [2.24, 2.45) is 0 Å². The summed E-state index contributed by atoms with van der Waals surface area (Å²) in [5, 5.41) is 0. The Bertz CT molecular complexity index is 700. The van der Waals surface area contributed by atoms with E-state index in [9.17, 15) is 16.8 Å². The van der Waals surface area contributed by atoms with Crippen LogP contribution in [0.5, 0.6) is 0 Å². The second-order valence-corrected chi connectivity index (χ2v) is 9.85. The summed E-state index contributed by atoms with van der Waals surface area (Å²) in [4.78, 5) is 2.35. The molecule has 0 aliphatic heterocycles. The Labute approximate surface area is 139 Å². The standard InChI is InChI=1S/C15H26N2O4S2/c1-12(2)17(13(3)4)11-10-16-23(20,21)15-8-6-14(7-9-15)22(5,18)19/h6-9,12-13,16H,10-11H2,1-5H3. The highest BCUT2D eigenvalue weighted by Gasteiger charge is 2.17. The van der Waals surface area contributed by atoms with Gasteiger partial charge < -0.3 is 0 Å². The van der Waals surface area contributed by atoms with Gasteiger partial charge in [-0.3, -0.25) is 4.90 Å². The molecular formula is C15H26N2O4S2. The van der Waals surface area contributed by atoms with Gasteiger partial charge in [0.1, 0.15) is 0 Å². The topological polar surface area (TPSA) is 83.6 Å². The molecule has 8 heteroatoms. The molecule has 0 unspecified atom stereocenters. The average Bonchev–Trinajstić information content (AvgIpc) is 2.42. The molecule has 0 saturated heterocycles. The molecule has 132 valence electrons. The number of hydrogen-bond donors (Lipinski definition) is 1. The number of hydrogen-bond acceptors (Lipinski definition) is 5. The molecule has 1 rings (SSSR count). The zero-order valence-electron chi connectivity index (χ0n) is 14.3. The average molecular weight is 363 g/mol. The van der Waals surface area contributed by atoms with Gasteiger partial charge in [0.15, 0.2) is 9.84 Å². The van der Waals surface area contributed by atoms with E-state index in [-0.39, 0.29) is 9.79 Å². The van der Waals surface area contributed by atoms with E-state index in [2.05, 4.69) is 37.3 Å². The van der Waals surface area contributed by atoms with E-state index in [4.69, 9.17) is 0 Å². The van der Waals surface area contributed by atoms with Gasteiger partial charge in [-0.25, -0.2) is 21.6 Å². The predicted octanol–water partition coefficient (Wildman–Crippen LogP) is 1.49. The number of rotatable bonds is 8. The van der Waals surface area contributed by atoms with Crippen molar-refractivity contribution in [2.45, 2.75) is 49.6 Å². The highest BCUT2D eigenvalue weighted by atomic mass is 32.2. The zero-order chi connectivity index (χ0) is 17.8. The lowest BCUT2D eigenvalue weighted by molar-refractivity contribution is 0.179. The molecule has 0 aliphatic carbocycles. The first kappa shape index (κ1) is 20.1. The summed E-state index contributed by atoms with van der Waals surface area (Å²) in [5.41, 5.74) is 0. The molecular weight excluding hydrogens is 336 g/mol. The van der Waals surface area contributed by atoms with Crippen molar-refractivity contribution in [1.29, 1.82) is 0 Å². The molecule has 0 radical (unpaired) electrons. The highest BCUT2D eigenvalue weighted by molar-refractivity contribution is 7.90. The fourth-order valence-electron chi connectivity index (χ4n) is 2.37. The van der Waals surface area contributed by atoms with E-state index in [1.165, 1.54) is 24.3 Å². The molecule has 0 aliphatic rings. The minimum absolute atomic E-state index is 0.0607. The van der Waals surface area contributed by atoms with Crippen molar-refractivity contribution in [3.8, 4) is 0 Å². The van der Waals surface area contributed by atoms with E-state index in [1.54, 1.807) is 0 Å². The summed E-state index contributed by atoms with van der Waals surface area (Å²) >= 11 is 0. The van der Waals surface area contributed by atoms with Gasteiger partial charge in [0.05, 0.1) is 9.79 Å². The zero-order valence-corrected chi connectivity index (χ0v) is 15.9. The lowest BCUT2D eigenvalue weighted by Gasteiger charge is -2.30. The molecule has 6 nitrogen and oxygen atoms in total. The van der Waals surface area contributed by atoms with Crippen LogP contribution < -0.4 is 4.72 Å². The number of benzene rings is 1. The van der Waals surface area contributed by atoms with Crippen molar-refractivity contribution in [1.82, 2.24) is 9.62 Å². The van der Waals surface area contributed by atoms with Gasteiger partial charge in [-0.05, 0) is 52.0 Å². The van der Waals surface area contributed by atoms with Crippen molar-refractivity contribution >= 4 is 19.9 Å². The minimum atomic E-state index is -3.64. The van der Waals surface area contributed by atoms with Crippen LogP contribution in [0.1, 0.15) is 27.7 Å². The Morgan fingerprint density at radius 3 is 1.74 bits per heavy atom. The molecule has 0 saturated carbocycles. The SMILES string of the molecule is CC(C)N(CCNS(=O)(=O)c1ccc(S(C)(=O)=O)cc1)C(C)C. The van der Waals surface area contributed by atoms with Gasteiger partial charge in [0.25, 0.3) is 0 Å². The van der Waals surface area contributed by atoms with Crippen LogP contribution >= 0.6 is 0 Å². The summed E-state index contributed by atoms with van der Waals surface area (Å²) in [6.07, 6.45) is 1.08. The Kier molecular flexibility index (Phi) is 6.76. The molecule has 0 fully saturated rings. The van der Waals surface area contributed by atoms with Gasteiger partial charge in [0, 0.05) is 31.4 Å². The summed E-state index contributed by atoms with van der Waals surface area (Å²) in [7, 11) is -6.98. The quantitative estimate of drug-likeness (QED) is 0.757. The van der Waals surface area contributed by atoms with Crippen molar-refractivity contribution in [3.05, 3.63) is 24.3 Å². The van der Waals surface area contributed by atoms with Crippen molar-refractivity contribution in [2.75, 3.05) is 19.3 Å². The fraction of sp³-hybridized carbons (Fsp3) is 0.600. The highest BCUT2D eigenvalue weighted by Crippen LogP contribution is 2.14. The molecule has 0 aromatic heterocycles. The lowest BCUT2D eigenvalue weighted by Crippen LogP contribution is -2.42. The van der Waals surface area contributed by atoms with Crippen LogP contribution in [0.3, 0.4) is 0 Å². The second-order valence-electron chi connectivity index (χ2n) is 6.07. The maximum Gasteiger partial charge on any atom is 0.240 e. The molecule has 0 bridgehead atoms. The van der Waals surface area contributed by atoms with E-state index in [0.29, 0.717) is 25.2 Å². The van der Waals surface area contributed by atoms with Crippen molar-refractivity contribution in [3.63, 3.8) is 0 Å². The van der Waals surface area contributed by atoms with Crippen LogP contribution in [0.2, 0.25) is 0 Å². The fourth-order valence-corrected chi connectivity index (χ4v) is 4.02. The first-order valence-corrected chi connectivity index (χ1v) is 10.9. The predicted molar refractivity (Wildman–Crippen MR) is 91.7 cm³/mol. The summed E-state index contributed by atoms with van der Waals surface area (Å²) in [6.45, 7) is 9.18. The Morgan fingerprint density at radius 2 is 1.35 bits per heavy atom. The molecule has 0 heterocycles. The smallest absolute Gasteiger partial charge is 0.240 e. The molecule has 1 N–H and O–H groups in total. The third-order valence-electron chi connectivity index (χ3n) is 3.55. The minimum Gasteiger partial charge on any atom is -0.297 e. The van der Waals surface area contributed by atoms with Crippen LogP contribution in [0.4, 0.5) is 0 Å². The normalized spacial score (nSPS) is 13.2. The summed E-state index contributed by atoms with van der Waals surface area (Å²) < 4.78 is 49.8. The lowest BCUT2D eigenvalue weighted by atomic mass is 10.2. The Morgan fingerprint density at radius 1 is 0.913 bits per heavy atom. The Hall–Kier alpha value is -0.960. The molecule has 23 heavy (non-hydrogen) atoms. The molecule has 0 atom stereocenters. The first-order chi connectivity index (χ1) is 10.4. The van der Waals surface area contributed by atoms with E-state index >= 15 is 0 Å². The number of nitrogens with one attached hydrogen (secondary N) is 1. The van der Waals surface area contributed by atoms with Crippen molar-refractivity contribution < 1.29 is 16.8 Å². The third kappa shape index (κ3) is 5.87. The monoisotopic (exact) mass is 362 g/mol. The molecule has 0 spiro atoms. The van der Waals surface area contributed by atoms with E-state index in [1.807, 2.05) is 0 Å². The second kappa shape index (κ2) is 7.74. The molecule has 1 aromatic rings. The van der Waals surface area contributed by atoms with E-state index in [0.717, 1.165) is 6.26 Å². The van der Waals surface area contributed by atoms with Crippen LogP contribution in [-0.2, 0) is 19.9 Å². The maximum absolute atomic E-state index is 12.2. The maximum atomic E-state index is 12.2. The summed E-state index contributed by atoms with van der Waals surface area (Å²) in [6, 6.07) is 5.88. The van der Waals surface area contributed by atoms with Gasteiger partial charge in [-0.1, -0.05) is 0 Å². The Balaban J connectivity index is 2.77. The van der Waals surface area contributed by atoms with Crippen LogP contribution in [0, 0.1) is 0 Å². The van der Waals surface area contributed by atoms with Crippen LogP contribution in [-0.4, -0.2) is 53.2 Å². The first-order valence-electron chi connectivity index (χ1n) is 7.50. The third-order valence-corrected chi connectivity index (χ3v) is 6.16. The van der Waals surface area contributed by atoms with Crippen LogP contribution in [0.15, 0.2) is 34.1 Å². The van der Waals surface area contributed by atoms with Gasteiger partial charge in [-0.15, -0.1) is 0 Å². The number of sulfonamides is 1. The number of sulfone groups is 1. The summed E-state index contributed by atoms with van der Waals surface area (Å²) in [5.74, 6) is 0. The van der Waals surface area contributed by atoms with Gasteiger partial charge in [-0.2, -0.15) is 0 Å². The van der Waals surface area contributed by atoms with Gasteiger partial charge >= 0.3 is 0 Å². The van der Waals surface area contributed by atoms with Crippen LogP contribution in [0.25, 0.3) is 0 Å². The molecule has 0 amide bonds.